The maximum absolute atomic E-state index is 9.50. The Balaban J connectivity index is 3.77. The van der Waals surface area contributed by atoms with Gasteiger partial charge in [0, 0.05) is 0 Å². The van der Waals surface area contributed by atoms with Gasteiger partial charge in [-0.3, -0.25) is 0 Å². The van der Waals surface area contributed by atoms with E-state index in [-0.39, 0.29) is 6.61 Å². The summed E-state index contributed by atoms with van der Waals surface area (Å²) in [5.74, 6) is 0. The quantitative estimate of drug-likeness (QED) is 0.616. The van der Waals surface area contributed by atoms with E-state index in [1.165, 1.54) is 6.08 Å². The first-order valence-electron chi connectivity index (χ1n) is 4.14. The van der Waals surface area contributed by atoms with Gasteiger partial charge in [0.05, 0.1) is 12.2 Å². The van der Waals surface area contributed by atoms with Gasteiger partial charge in [-0.25, -0.2) is 0 Å². The summed E-state index contributed by atoms with van der Waals surface area (Å²) in [5.41, 5.74) is 0.154. The summed E-state index contributed by atoms with van der Waals surface area (Å²) in [4.78, 5) is 0. The van der Waals surface area contributed by atoms with Crippen LogP contribution in [0.25, 0.3) is 0 Å². The molecule has 2 nitrogen and oxygen atoms in total. The molecule has 0 aliphatic heterocycles. The molecule has 0 radical (unpaired) electrons. The van der Waals surface area contributed by atoms with Crippen LogP contribution < -0.4 is 0 Å². The van der Waals surface area contributed by atoms with Gasteiger partial charge in [0.15, 0.2) is 0 Å². The molecule has 0 fully saturated rings. The molecule has 0 rings (SSSR count). The van der Waals surface area contributed by atoms with E-state index in [4.69, 9.17) is 5.11 Å². The van der Waals surface area contributed by atoms with Crippen LogP contribution in [-0.2, 0) is 0 Å². The van der Waals surface area contributed by atoms with E-state index in [0.717, 1.165) is 12.0 Å². The molecule has 0 aromatic carbocycles. The second-order valence-electron chi connectivity index (χ2n) is 3.31. The van der Waals surface area contributed by atoms with Gasteiger partial charge in [-0.05, 0) is 26.7 Å². The smallest absolute Gasteiger partial charge is 0.0800 e. The topological polar surface area (TPSA) is 40.5 Å². The lowest BCUT2D eigenvalue weighted by Gasteiger charge is -2.16. The van der Waals surface area contributed by atoms with Crippen molar-refractivity contribution in [2.75, 3.05) is 6.61 Å². The molecule has 0 bridgehead atoms. The zero-order valence-electron chi connectivity index (χ0n) is 7.88. The zero-order valence-corrected chi connectivity index (χ0v) is 7.88. The van der Waals surface area contributed by atoms with Gasteiger partial charge in [-0.1, -0.05) is 17.7 Å². The van der Waals surface area contributed by atoms with Gasteiger partial charge in [-0.2, -0.15) is 0 Å². The van der Waals surface area contributed by atoms with Crippen LogP contribution in [0.4, 0.5) is 0 Å². The number of aliphatic hydroxyl groups is 2. The molecule has 0 heterocycles. The standard InChI is InChI=1S/C10H18O2/c1-4-10(3,12)7-5-6-9(2)8-11/h4,6,11-12H,1,5,7-8H2,2-3H3. The SMILES string of the molecule is C=CC(C)(O)CCC=C(C)CO. The van der Waals surface area contributed by atoms with Crippen molar-refractivity contribution in [3.05, 3.63) is 24.3 Å². The van der Waals surface area contributed by atoms with Gasteiger partial charge < -0.3 is 10.2 Å². The molecule has 2 heteroatoms. The Morgan fingerprint density at radius 1 is 1.58 bits per heavy atom. The summed E-state index contributed by atoms with van der Waals surface area (Å²) in [5, 5.41) is 18.2. The van der Waals surface area contributed by atoms with E-state index in [9.17, 15) is 5.11 Å². The first-order valence-corrected chi connectivity index (χ1v) is 4.14. The third-order valence-corrected chi connectivity index (χ3v) is 1.83. The van der Waals surface area contributed by atoms with Gasteiger partial charge in [0.25, 0.3) is 0 Å². The van der Waals surface area contributed by atoms with Crippen molar-refractivity contribution >= 4 is 0 Å². The lowest BCUT2D eigenvalue weighted by molar-refractivity contribution is 0.103. The van der Waals surface area contributed by atoms with Crippen LogP contribution in [0.15, 0.2) is 24.3 Å². The molecule has 12 heavy (non-hydrogen) atoms. The van der Waals surface area contributed by atoms with Crippen molar-refractivity contribution in [1.29, 1.82) is 0 Å². The van der Waals surface area contributed by atoms with Crippen LogP contribution in [0.5, 0.6) is 0 Å². The Hall–Kier alpha value is -0.600. The normalized spacial score (nSPS) is 17.2. The molecule has 0 saturated carbocycles. The molecular formula is C10H18O2. The molecule has 0 aliphatic carbocycles. The van der Waals surface area contributed by atoms with Crippen molar-refractivity contribution in [2.24, 2.45) is 0 Å². The zero-order chi connectivity index (χ0) is 9.61. The predicted molar refractivity (Wildman–Crippen MR) is 50.9 cm³/mol. The molecule has 1 atom stereocenters. The fourth-order valence-electron chi connectivity index (χ4n) is 0.777. The Labute approximate surface area is 74.2 Å². The van der Waals surface area contributed by atoms with E-state index < -0.39 is 5.60 Å². The number of rotatable bonds is 5. The first kappa shape index (κ1) is 11.4. The van der Waals surface area contributed by atoms with Crippen molar-refractivity contribution in [3.8, 4) is 0 Å². The predicted octanol–water partition coefficient (Wildman–Crippen LogP) is 1.64. The second-order valence-corrected chi connectivity index (χ2v) is 3.31. The van der Waals surface area contributed by atoms with Crippen LogP contribution in [0, 0.1) is 0 Å². The van der Waals surface area contributed by atoms with Crippen molar-refractivity contribution in [2.45, 2.75) is 32.3 Å². The van der Waals surface area contributed by atoms with Gasteiger partial charge >= 0.3 is 0 Å². The van der Waals surface area contributed by atoms with Crippen molar-refractivity contribution < 1.29 is 10.2 Å². The molecule has 0 amide bonds. The maximum atomic E-state index is 9.50. The highest BCUT2D eigenvalue weighted by Gasteiger charge is 2.12. The highest BCUT2D eigenvalue weighted by Crippen LogP contribution is 2.13. The number of hydrogen-bond donors (Lipinski definition) is 2. The van der Waals surface area contributed by atoms with E-state index >= 15 is 0 Å². The van der Waals surface area contributed by atoms with Crippen LogP contribution in [0.1, 0.15) is 26.7 Å². The molecule has 0 aromatic heterocycles. The lowest BCUT2D eigenvalue weighted by atomic mass is 10.00. The van der Waals surface area contributed by atoms with Crippen molar-refractivity contribution in [1.82, 2.24) is 0 Å². The summed E-state index contributed by atoms with van der Waals surface area (Å²) in [7, 11) is 0. The van der Waals surface area contributed by atoms with E-state index in [2.05, 4.69) is 6.58 Å². The van der Waals surface area contributed by atoms with Gasteiger partial charge in [0.2, 0.25) is 0 Å². The third-order valence-electron chi connectivity index (χ3n) is 1.83. The average molecular weight is 170 g/mol. The minimum atomic E-state index is -0.785. The Kier molecular flexibility index (Phi) is 4.86. The van der Waals surface area contributed by atoms with E-state index in [1.54, 1.807) is 6.92 Å². The van der Waals surface area contributed by atoms with E-state index in [0.29, 0.717) is 6.42 Å². The highest BCUT2D eigenvalue weighted by atomic mass is 16.3. The minimum Gasteiger partial charge on any atom is -0.392 e. The fraction of sp³-hybridized carbons (Fsp3) is 0.600. The van der Waals surface area contributed by atoms with Crippen molar-refractivity contribution in [3.63, 3.8) is 0 Å². The molecule has 2 N–H and O–H groups in total. The summed E-state index contributed by atoms with van der Waals surface area (Å²) in [6.07, 6.45) is 4.88. The molecule has 0 saturated heterocycles. The van der Waals surface area contributed by atoms with Crippen LogP contribution in [0.2, 0.25) is 0 Å². The number of allylic oxidation sites excluding steroid dienone is 1. The third kappa shape index (κ3) is 5.10. The monoisotopic (exact) mass is 170 g/mol. The molecule has 0 aromatic rings. The molecule has 0 spiro atoms. The Morgan fingerprint density at radius 2 is 2.17 bits per heavy atom. The first-order chi connectivity index (χ1) is 5.52. The molecular weight excluding hydrogens is 152 g/mol. The Morgan fingerprint density at radius 3 is 2.58 bits per heavy atom. The van der Waals surface area contributed by atoms with Gasteiger partial charge in [0.1, 0.15) is 0 Å². The number of aliphatic hydroxyl groups excluding tert-OH is 1. The average Bonchev–Trinajstić information content (AvgIpc) is 2.04. The molecule has 70 valence electrons. The summed E-state index contributed by atoms with van der Waals surface area (Å²) >= 11 is 0. The summed E-state index contributed by atoms with van der Waals surface area (Å²) in [6, 6.07) is 0. The lowest BCUT2D eigenvalue weighted by Crippen LogP contribution is -2.19. The van der Waals surface area contributed by atoms with Gasteiger partial charge in [-0.15, -0.1) is 6.58 Å². The summed E-state index contributed by atoms with van der Waals surface area (Å²) < 4.78 is 0. The summed E-state index contributed by atoms with van der Waals surface area (Å²) in [6.45, 7) is 7.21. The number of hydrogen-bond acceptors (Lipinski definition) is 2. The van der Waals surface area contributed by atoms with Crippen LogP contribution in [0.3, 0.4) is 0 Å². The van der Waals surface area contributed by atoms with Crippen LogP contribution >= 0.6 is 0 Å². The largest absolute Gasteiger partial charge is 0.392 e. The van der Waals surface area contributed by atoms with E-state index in [1.807, 2.05) is 13.0 Å². The maximum Gasteiger partial charge on any atom is 0.0800 e. The fourth-order valence-corrected chi connectivity index (χ4v) is 0.777. The molecule has 0 aliphatic rings. The Bertz CT molecular complexity index is 169. The van der Waals surface area contributed by atoms with Crippen LogP contribution in [-0.4, -0.2) is 22.4 Å². The highest BCUT2D eigenvalue weighted by molar-refractivity contribution is 5.00. The second kappa shape index (κ2) is 5.12. The molecule has 1 unspecified atom stereocenters. The minimum absolute atomic E-state index is 0.0935.